The van der Waals surface area contributed by atoms with Crippen LogP contribution in [0, 0.1) is 0 Å². The van der Waals surface area contributed by atoms with E-state index in [1.165, 1.54) is 0 Å². The number of nitrogen functional groups attached to an aromatic ring is 1. The molecular formula is C14H12N4S. The van der Waals surface area contributed by atoms with Crippen LogP contribution in [0.15, 0.2) is 48.0 Å². The lowest BCUT2D eigenvalue weighted by molar-refractivity contribution is 1.02. The largest absolute Gasteiger partial charge is 0.384 e. The summed E-state index contributed by atoms with van der Waals surface area (Å²) >= 11 is 1.61. The number of hydrogen-bond acceptors (Lipinski definition) is 5. The zero-order valence-corrected chi connectivity index (χ0v) is 11.0. The topological polar surface area (TPSA) is 64.7 Å². The first kappa shape index (κ1) is 11.8. The third kappa shape index (κ3) is 2.77. The van der Waals surface area contributed by atoms with Gasteiger partial charge in [-0.15, -0.1) is 11.3 Å². The van der Waals surface area contributed by atoms with Crippen LogP contribution in [-0.4, -0.2) is 15.0 Å². The molecule has 94 valence electrons. The van der Waals surface area contributed by atoms with Crippen LogP contribution in [0.3, 0.4) is 0 Å². The van der Waals surface area contributed by atoms with Crippen molar-refractivity contribution in [2.75, 3.05) is 5.73 Å². The Morgan fingerprint density at radius 1 is 1.11 bits per heavy atom. The Morgan fingerprint density at radius 3 is 2.68 bits per heavy atom. The molecule has 0 bridgehead atoms. The molecule has 1 aromatic carbocycles. The van der Waals surface area contributed by atoms with Gasteiger partial charge in [-0.2, -0.15) is 0 Å². The second-order valence-electron chi connectivity index (χ2n) is 4.08. The van der Waals surface area contributed by atoms with Crippen LogP contribution in [0.2, 0.25) is 0 Å². The molecule has 3 aromatic rings. The van der Waals surface area contributed by atoms with Gasteiger partial charge in [0.25, 0.3) is 0 Å². The van der Waals surface area contributed by atoms with Crippen LogP contribution in [-0.2, 0) is 6.42 Å². The molecule has 0 amide bonds. The number of aromatic nitrogens is 3. The quantitative estimate of drug-likeness (QED) is 0.793. The Morgan fingerprint density at radius 2 is 1.95 bits per heavy atom. The second-order valence-corrected chi connectivity index (χ2v) is 5.06. The van der Waals surface area contributed by atoms with E-state index in [9.17, 15) is 0 Å². The minimum absolute atomic E-state index is 0.486. The summed E-state index contributed by atoms with van der Waals surface area (Å²) in [6, 6.07) is 11.6. The lowest BCUT2D eigenvalue weighted by Gasteiger charge is -2.04. The molecule has 2 heterocycles. The van der Waals surface area contributed by atoms with Crippen molar-refractivity contribution in [3.05, 3.63) is 58.7 Å². The molecular weight excluding hydrogens is 256 g/mol. The van der Waals surface area contributed by atoms with Gasteiger partial charge in [-0.3, -0.25) is 0 Å². The van der Waals surface area contributed by atoms with E-state index in [0.717, 1.165) is 16.3 Å². The summed E-state index contributed by atoms with van der Waals surface area (Å²) in [6.45, 7) is 0. The summed E-state index contributed by atoms with van der Waals surface area (Å²) < 4.78 is 0. The van der Waals surface area contributed by atoms with E-state index < -0.39 is 0 Å². The Labute approximate surface area is 115 Å². The number of nitrogens with zero attached hydrogens (tertiary/aromatic N) is 3. The van der Waals surface area contributed by atoms with Crippen molar-refractivity contribution in [2.45, 2.75) is 6.42 Å². The fraction of sp³-hybridized carbons (Fsp3) is 0.0714. The first-order chi connectivity index (χ1) is 9.31. The van der Waals surface area contributed by atoms with Gasteiger partial charge in [-0.05, 0) is 0 Å². The predicted octanol–water partition coefficient (Wildman–Crippen LogP) is 2.77. The molecule has 3 rings (SSSR count). The van der Waals surface area contributed by atoms with Gasteiger partial charge >= 0.3 is 0 Å². The molecule has 0 fully saturated rings. The average molecular weight is 268 g/mol. The molecule has 0 aliphatic heterocycles. The zero-order valence-electron chi connectivity index (χ0n) is 10.2. The van der Waals surface area contributed by atoms with Crippen LogP contribution >= 0.6 is 11.3 Å². The molecule has 0 unspecified atom stereocenters. The Hall–Kier alpha value is -2.27. The Balaban J connectivity index is 1.97. The predicted molar refractivity (Wildman–Crippen MR) is 76.8 cm³/mol. The van der Waals surface area contributed by atoms with Crippen LogP contribution in [0.25, 0.3) is 11.4 Å². The highest BCUT2D eigenvalue weighted by Crippen LogP contribution is 2.18. The van der Waals surface area contributed by atoms with E-state index >= 15 is 0 Å². The van der Waals surface area contributed by atoms with Gasteiger partial charge in [-0.25, -0.2) is 15.0 Å². The number of rotatable bonds is 3. The van der Waals surface area contributed by atoms with Crippen molar-refractivity contribution < 1.29 is 0 Å². The maximum Gasteiger partial charge on any atom is 0.161 e. The van der Waals surface area contributed by atoms with Crippen molar-refractivity contribution in [1.82, 2.24) is 15.0 Å². The van der Waals surface area contributed by atoms with E-state index in [0.29, 0.717) is 18.1 Å². The van der Waals surface area contributed by atoms with Crippen molar-refractivity contribution in [3.63, 3.8) is 0 Å². The van der Waals surface area contributed by atoms with E-state index in [4.69, 9.17) is 5.73 Å². The normalized spacial score (nSPS) is 10.5. The summed E-state index contributed by atoms with van der Waals surface area (Å²) in [5.41, 5.74) is 7.72. The Kier molecular flexibility index (Phi) is 3.20. The molecule has 0 saturated carbocycles. The highest BCUT2D eigenvalue weighted by atomic mass is 32.1. The fourth-order valence-corrected chi connectivity index (χ4v) is 2.45. The van der Waals surface area contributed by atoms with Crippen molar-refractivity contribution in [3.8, 4) is 11.4 Å². The zero-order chi connectivity index (χ0) is 13.1. The smallest absolute Gasteiger partial charge is 0.161 e. The van der Waals surface area contributed by atoms with E-state index in [2.05, 4.69) is 15.0 Å². The van der Waals surface area contributed by atoms with Gasteiger partial charge < -0.3 is 5.73 Å². The van der Waals surface area contributed by atoms with Crippen molar-refractivity contribution >= 4 is 17.2 Å². The molecule has 2 N–H and O–H groups in total. The molecule has 0 atom stereocenters. The van der Waals surface area contributed by atoms with E-state index in [1.807, 2.05) is 35.7 Å². The maximum atomic E-state index is 5.86. The number of nitrogens with two attached hydrogens (primary N) is 1. The fourth-order valence-electron chi connectivity index (χ4n) is 1.82. The highest BCUT2D eigenvalue weighted by molar-refractivity contribution is 7.09. The van der Waals surface area contributed by atoms with Gasteiger partial charge in [0.05, 0.1) is 10.7 Å². The first-order valence-corrected chi connectivity index (χ1v) is 6.76. The maximum absolute atomic E-state index is 5.86. The van der Waals surface area contributed by atoms with Gasteiger partial charge in [0.2, 0.25) is 0 Å². The molecule has 0 aliphatic carbocycles. The highest BCUT2D eigenvalue weighted by Gasteiger charge is 2.07. The van der Waals surface area contributed by atoms with Gasteiger partial charge in [0.1, 0.15) is 5.82 Å². The number of anilines is 1. The Bertz CT molecular complexity index is 665. The standard InChI is InChI=1S/C14H12N4S/c15-12-8-11(9-13-16-6-7-19-13)17-14(18-12)10-4-2-1-3-5-10/h1-8H,9H2,(H2,15,17,18). The lowest BCUT2D eigenvalue weighted by atomic mass is 10.2. The molecule has 0 aliphatic rings. The summed E-state index contributed by atoms with van der Waals surface area (Å²) in [6.07, 6.45) is 2.48. The van der Waals surface area contributed by atoms with Crippen LogP contribution in [0.4, 0.5) is 5.82 Å². The molecule has 5 heteroatoms. The first-order valence-electron chi connectivity index (χ1n) is 5.88. The minimum atomic E-state index is 0.486. The average Bonchev–Trinajstić information content (AvgIpc) is 2.92. The molecule has 0 spiro atoms. The molecule has 19 heavy (non-hydrogen) atoms. The van der Waals surface area contributed by atoms with Gasteiger partial charge in [0, 0.05) is 29.6 Å². The third-order valence-electron chi connectivity index (χ3n) is 2.65. The minimum Gasteiger partial charge on any atom is -0.384 e. The number of hydrogen-bond donors (Lipinski definition) is 1. The summed E-state index contributed by atoms with van der Waals surface area (Å²) in [5, 5.41) is 2.98. The molecule has 0 saturated heterocycles. The van der Waals surface area contributed by atoms with Crippen molar-refractivity contribution in [2.24, 2.45) is 0 Å². The van der Waals surface area contributed by atoms with Gasteiger partial charge in [-0.1, -0.05) is 30.3 Å². The molecule has 4 nitrogen and oxygen atoms in total. The molecule has 0 radical (unpaired) electrons. The SMILES string of the molecule is Nc1cc(Cc2nccs2)nc(-c2ccccc2)n1. The van der Waals surface area contributed by atoms with Crippen LogP contribution in [0.1, 0.15) is 10.7 Å². The summed E-state index contributed by atoms with van der Waals surface area (Å²) in [4.78, 5) is 13.1. The van der Waals surface area contributed by atoms with E-state index in [-0.39, 0.29) is 0 Å². The van der Waals surface area contributed by atoms with E-state index in [1.54, 1.807) is 23.6 Å². The number of thiazole rings is 1. The summed E-state index contributed by atoms with van der Waals surface area (Å²) in [7, 11) is 0. The third-order valence-corrected chi connectivity index (χ3v) is 3.43. The van der Waals surface area contributed by atoms with Crippen LogP contribution in [0.5, 0.6) is 0 Å². The number of benzene rings is 1. The monoisotopic (exact) mass is 268 g/mol. The van der Waals surface area contributed by atoms with Gasteiger partial charge in [0.15, 0.2) is 5.82 Å². The molecule has 2 aromatic heterocycles. The van der Waals surface area contributed by atoms with Crippen molar-refractivity contribution in [1.29, 1.82) is 0 Å². The van der Waals surface area contributed by atoms with Crippen LogP contribution < -0.4 is 5.73 Å². The second kappa shape index (κ2) is 5.16. The summed E-state index contributed by atoms with van der Waals surface area (Å²) in [5.74, 6) is 1.15. The lowest BCUT2D eigenvalue weighted by Crippen LogP contribution is -2.01.